The number of hydrogen-bond donors (Lipinski definition) is 1. The summed E-state index contributed by atoms with van der Waals surface area (Å²) in [6, 6.07) is 10.3. The van der Waals surface area contributed by atoms with Crippen LogP contribution < -0.4 is 10.2 Å². The van der Waals surface area contributed by atoms with Crippen molar-refractivity contribution in [3.8, 4) is 0 Å². The van der Waals surface area contributed by atoms with Gasteiger partial charge >= 0.3 is 12.2 Å². The average Bonchev–Trinajstić information content (AvgIpc) is 3.11. The maximum atomic E-state index is 13.1. The molecule has 2 aromatic carbocycles. The first-order valence-electron chi connectivity index (χ1n) is 8.84. The zero-order chi connectivity index (χ0) is 20.6. The SMILES string of the molecule is O=C(Nc1ccccc1C(F)(F)F)N1CCN(c2nc3ccc(Br)cc3s2)CC1. The molecule has 10 heteroatoms. The number of carbonyl (C=O) groups is 1. The van der Waals surface area contributed by atoms with Gasteiger partial charge in [-0.3, -0.25) is 0 Å². The number of anilines is 2. The lowest BCUT2D eigenvalue weighted by Gasteiger charge is -2.34. The van der Waals surface area contributed by atoms with E-state index in [-0.39, 0.29) is 5.69 Å². The van der Waals surface area contributed by atoms with Crippen molar-refractivity contribution in [3.05, 3.63) is 52.5 Å². The number of amides is 2. The van der Waals surface area contributed by atoms with Crippen molar-refractivity contribution in [1.29, 1.82) is 0 Å². The van der Waals surface area contributed by atoms with Crippen LogP contribution in [-0.2, 0) is 6.18 Å². The van der Waals surface area contributed by atoms with Gasteiger partial charge in [-0.15, -0.1) is 0 Å². The number of carbonyl (C=O) groups excluding carboxylic acids is 1. The molecule has 1 aliphatic rings. The van der Waals surface area contributed by atoms with Crippen molar-refractivity contribution >= 4 is 54.3 Å². The van der Waals surface area contributed by atoms with E-state index in [2.05, 4.69) is 31.1 Å². The summed E-state index contributed by atoms with van der Waals surface area (Å²) in [4.78, 5) is 20.7. The normalized spacial score (nSPS) is 15.0. The van der Waals surface area contributed by atoms with E-state index in [9.17, 15) is 18.0 Å². The third kappa shape index (κ3) is 4.32. The molecule has 29 heavy (non-hydrogen) atoms. The maximum Gasteiger partial charge on any atom is 0.418 e. The van der Waals surface area contributed by atoms with Crippen LogP contribution >= 0.6 is 27.3 Å². The largest absolute Gasteiger partial charge is 0.418 e. The number of halogens is 4. The minimum absolute atomic E-state index is 0.232. The van der Waals surface area contributed by atoms with E-state index in [1.54, 1.807) is 11.3 Å². The Hall–Kier alpha value is -2.33. The van der Waals surface area contributed by atoms with Crippen LogP contribution in [0.4, 0.5) is 28.8 Å². The second-order valence-electron chi connectivity index (χ2n) is 6.56. The number of nitrogens with one attached hydrogen (secondary N) is 1. The van der Waals surface area contributed by atoms with E-state index < -0.39 is 17.8 Å². The van der Waals surface area contributed by atoms with Gasteiger partial charge < -0.3 is 15.1 Å². The second-order valence-corrected chi connectivity index (χ2v) is 8.48. The number of para-hydroxylation sites is 1. The molecule has 152 valence electrons. The van der Waals surface area contributed by atoms with Crippen LogP contribution in [0.3, 0.4) is 0 Å². The molecule has 1 N–H and O–H groups in total. The van der Waals surface area contributed by atoms with Crippen molar-refractivity contribution in [2.75, 3.05) is 36.4 Å². The molecule has 1 saturated heterocycles. The molecule has 2 amide bonds. The summed E-state index contributed by atoms with van der Waals surface area (Å²) < 4.78 is 41.4. The van der Waals surface area contributed by atoms with Gasteiger partial charge in [0.15, 0.2) is 5.13 Å². The van der Waals surface area contributed by atoms with Crippen LogP contribution in [0.1, 0.15) is 5.56 Å². The number of aromatic nitrogens is 1. The van der Waals surface area contributed by atoms with Crippen molar-refractivity contribution < 1.29 is 18.0 Å². The third-order valence-electron chi connectivity index (χ3n) is 4.65. The molecule has 0 radical (unpaired) electrons. The van der Waals surface area contributed by atoms with E-state index in [0.29, 0.717) is 26.2 Å². The molecule has 4 rings (SSSR count). The monoisotopic (exact) mass is 484 g/mol. The molecule has 5 nitrogen and oxygen atoms in total. The summed E-state index contributed by atoms with van der Waals surface area (Å²) in [5.41, 5.74) is -0.172. The Morgan fingerprint density at radius 3 is 2.55 bits per heavy atom. The van der Waals surface area contributed by atoms with Gasteiger partial charge in [-0.2, -0.15) is 13.2 Å². The topological polar surface area (TPSA) is 48.5 Å². The van der Waals surface area contributed by atoms with Crippen LogP contribution in [0.25, 0.3) is 10.2 Å². The first-order valence-corrected chi connectivity index (χ1v) is 10.5. The summed E-state index contributed by atoms with van der Waals surface area (Å²) in [7, 11) is 0. The number of benzene rings is 2. The van der Waals surface area contributed by atoms with Gasteiger partial charge in [-0.1, -0.05) is 39.4 Å². The maximum absolute atomic E-state index is 13.1. The van der Waals surface area contributed by atoms with Gasteiger partial charge in [0.1, 0.15) is 0 Å². The van der Waals surface area contributed by atoms with Gasteiger partial charge in [0.05, 0.1) is 21.5 Å². The number of nitrogens with zero attached hydrogens (tertiary/aromatic N) is 3. The second kappa shape index (κ2) is 7.83. The smallest absolute Gasteiger partial charge is 0.345 e. The highest BCUT2D eigenvalue weighted by molar-refractivity contribution is 9.10. The molecular weight excluding hydrogens is 469 g/mol. The van der Waals surface area contributed by atoms with E-state index >= 15 is 0 Å². The van der Waals surface area contributed by atoms with Crippen molar-refractivity contribution in [2.24, 2.45) is 0 Å². The summed E-state index contributed by atoms with van der Waals surface area (Å²) in [5, 5.41) is 3.27. The lowest BCUT2D eigenvalue weighted by Crippen LogP contribution is -2.50. The molecule has 3 aromatic rings. The van der Waals surface area contributed by atoms with E-state index in [1.807, 2.05) is 18.2 Å². The molecule has 0 atom stereocenters. The van der Waals surface area contributed by atoms with Crippen LogP contribution in [0.15, 0.2) is 46.9 Å². The van der Waals surface area contributed by atoms with Crippen LogP contribution in [-0.4, -0.2) is 42.1 Å². The fraction of sp³-hybridized carbons (Fsp3) is 0.263. The van der Waals surface area contributed by atoms with Gasteiger partial charge in [-0.25, -0.2) is 9.78 Å². The highest BCUT2D eigenvalue weighted by Crippen LogP contribution is 2.35. The van der Waals surface area contributed by atoms with Crippen molar-refractivity contribution in [2.45, 2.75) is 6.18 Å². The standard InChI is InChI=1S/C19H16BrF3N4OS/c20-12-5-6-15-16(11-12)29-18(25-15)27-9-7-26(8-10-27)17(28)24-14-4-2-1-3-13(14)19(21,22)23/h1-6,11H,7-10H2,(H,24,28). The molecule has 1 aromatic heterocycles. The van der Waals surface area contributed by atoms with Gasteiger partial charge in [-0.05, 0) is 30.3 Å². The summed E-state index contributed by atoms with van der Waals surface area (Å²) in [5.74, 6) is 0. The minimum Gasteiger partial charge on any atom is -0.345 e. The van der Waals surface area contributed by atoms with Gasteiger partial charge in [0, 0.05) is 30.7 Å². The van der Waals surface area contributed by atoms with E-state index in [0.717, 1.165) is 25.9 Å². The molecule has 1 aliphatic heterocycles. The number of hydrogen-bond acceptors (Lipinski definition) is 4. The molecule has 0 spiro atoms. The Morgan fingerprint density at radius 1 is 1.10 bits per heavy atom. The predicted octanol–water partition coefficient (Wildman–Crippen LogP) is 5.43. The summed E-state index contributed by atoms with van der Waals surface area (Å²) in [6.07, 6.45) is -4.52. The number of piperazine rings is 1. The molecule has 2 heterocycles. The Balaban J connectivity index is 1.41. The number of alkyl halides is 3. The number of urea groups is 1. The van der Waals surface area contributed by atoms with Gasteiger partial charge in [0.25, 0.3) is 0 Å². The van der Waals surface area contributed by atoms with Crippen LogP contribution in [0.5, 0.6) is 0 Å². The third-order valence-corrected chi connectivity index (χ3v) is 6.22. The van der Waals surface area contributed by atoms with E-state index in [4.69, 9.17) is 0 Å². The molecule has 1 fully saturated rings. The fourth-order valence-electron chi connectivity index (χ4n) is 3.16. The lowest BCUT2D eigenvalue weighted by atomic mass is 10.1. The number of fused-ring (bicyclic) bond motifs is 1. The highest BCUT2D eigenvalue weighted by atomic mass is 79.9. The Kier molecular flexibility index (Phi) is 5.39. The fourth-order valence-corrected chi connectivity index (χ4v) is 4.73. The lowest BCUT2D eigenvalue weighted by molar-refractivity contribution is -0.136. The Bertz CT molecular complexity index is 1050. The zero-order valence-electron chi connectivity index (χ0n) is 15.0. The first kappa shape index (κ1) is 20.0. The Morgan fingerprint density at radius 2 is 1.83 bits per heavy atom. The van der Waals surface area contributed by atoms with Crippen molar-refractivity contribution in [3.63, 3.8) is 0 Å². The summed E-state index contributed by atoms with van der Waals surface area (Å²) >= 11 is 5.03. The quantitative estimate of drug-likeness (QED) is 0.527. The average molecular weight is 485 g/mol. The van der Waals surface area contributed by atoms with E-state index in [1.165, 1.54) is 23.1 Å². The molecule has 0 bridgehead atoms. The zero-order valence-corrected chi connectivity index (χ0v) is 17.4. The summed E-state index contributed by atoms with van der Waals surface area (Å²) in [6.45, 7) is 1.93. The molecule has 0 aliphatic carbocycles. The van der Waals surface area contributed by atoms with Crippen LogP contribution in [0, 0.1) is 0 Å². The minimum atomic E-state index is -4.52. The predicted molar refractivity (Wildman–Crippen MR) is 112 cm³/mol. The van der Waals surface area contributed by atoms with Gasteiger partial charge in [0.2, 0.25) is 0 Å². The van der Waals surface area contributed by atoms with Crippen LogP contribution in [0.2, 0.25) is 0 Å². The highest BCUT2D eigenvalue weighted by Gasteiger charge is 2.34. The first-order chi connectivity index (χ1) is 13.8. The van der Waals surface area contributed by atoms with Crippen molar-refractivity contribution in [1.82, 2.24) is 9.88 Å². The number of thiazole rings is 1. The molecular formula is C19H16BrF3N4OS. The number of rotatable bonds is 2. The molecule has 0 unspecified atom stereocenters. The Labute approximate surface area is 177 Å². The molecule has 0 saturated carbocycles.